The molecule has 11 heteroatoms. The fourth-order valence-electron chi connectivity index (χ4n) is 3.88. The molecule has 0 bridgehead atoms. The van der Waals surface area contributed by atoms with Crippen molar-refractivity contribution in [3.05, 3.63) is 23.3 Å². The van der Waals surface area contributed by atoms with Gasteiger partial charge in [0.15, 0.2) is 0 Å². The summed E-state index contributed by atoms with van der Waals surface area (Å²) in [5.74, 6) is -0.973. The quantitative estimate of drug-likeness (QED) is 0.364. The molecule has 3 aliphatic heterocycles. The number of likely N-dealkylation sites (tertiary alicyclic amines) is 1. The predicted molar refractivity (Wildman–Crippen MR) is 102 cm³/mol. The summed E-state index contributed by atoms with van der Waals surface area (Å²) >= 11 is 0. The van der Waals surface area contributed by atoms with Crippen LogP contribution in [0.3, 0.4) is 0 Å². The second kappa shape index (κ2) is 8.19. The van der Waals surface area contributed by atoms with Crippen LogP contribution in [-0.2, 0) is 11.2 Å². The number of nitrogens with zero attached hydrogens (tertiary/aromatic N) is 1. The van der Waals surface area contributed by atoms with Crippen LogP contribution in [0.2, 0.25) is 6.32 Å². The molecule has 0 aliphatic carbocycles. The number of amides is 1. The summed E-state index contributed by atoms with van der Waals surface area (Å²) in [7, 11) is -1.03. The van der Waals surface area contributed by atoms with E-state index in [2.05, 4.69) is 10.6 Å². The zero-order valence-corrected chi connectivity index (χ0v) is 15.8. The average Bonchev–Trinajstić information content (AvgIpc) is 2.65. The van der Waals surface area contributed by atoms with Crippen molar-refractivity contribution in [3.8, 4) is 11.5 Å². The van der Waals surface area contributed by atoms with Crippen molar-refractivity contribution < 1.29 is 34.2 Å². The molecule has 2 saturated heterocycles. The summed E-state index contributed by atoms with van der Waals surface area (Å²) < 4.78 is 11.2. The summed E-state index contributed by atoms with van der Waals surface area (Å²) in [6.45, 7) is 2.07. The van der Waals surface area contributed by atoms with Gasteiger partial charge in [-0.3, -0.25) is 9.69 Å². The molecule has 1 amide bonds. The topological polar surface area (TPSA) is 141 Å². The maximum atomic E-state index is 11.8. The van der Waals surface area contributed by atoms with Crippen molar-refractivity contribution in [2.24, 2.45) is 0 Å². The molecule has 5 N–H and O–H groups in total. The van der Waals surface area contributed by atoms with Crippen molar-refractivity contribution in [2.45, 2.75) is 37.5 Å². The first-order chi connectivity index (χ1) is 13.9. The number of piperazine rings is 1. The highest BCUT2D eigenvalue weighted by Gasteiger charge is 2.37. The Morgan fingerprint density at radius 1 is 1.38 bits per heavy atom. The third kappa shape index (κ3) is 4.18. The third-order valence-corrected chi connectivity index (χ3v) is 5.50. The Bertz CT molecular complexity index is 802. The molecule has 1 aromatic rings. The third-order valence-electron chi connectivity index (χ3n) is 5.50. The molecule has 2 unspecified atom stereocenters. The average molecular weight is 405 g/mol. The van der Waals surface area contributed by atoms with E-state index in [0.717, 1.165) is 5.56 Å². The smallest absolute Gasteiger partial charge is 0.522 e. The van der Waals surface area contributed by atoms with Crippen molar-refractivity contribution >= 4 is 19.0 Å². The van der Waals surface area contributed by atoms with Gasteiger partial charge in [0.25, 0.3) is 0 Å². The van der Waals surface area contributed by atoms with Crippen LogP contribution in [-0.4, -0.2) is 83.7 Å². The van der Waals surface area contributed by atoms with E-state index in [9.17, 15) is 24.8 Å². The molecule has 2 atom stereocenters. The Labute approximate surface area is 167 Å². The van der Waals surface area contributed by atoms with Crippen molar-refractivity contribution in [2.75, 3.05) is 26.2 Å². The van der Waals surface area contributed by atoms with Gasteiger partial charge in [-0.15, -0.1) is 0 Å². The lowest BCUT2D eigenvalue weighted by Gasteiger charge is -2.43. The highest BCUT2D eigenvalue weighted by atomic mass is 16.5. The largest absolute Gasteiger partial charge is 0.535 e. The first-order valence-electron chi connectivity index (χ1n) is 9.76. The van der Waals surface area contributed by atoms with Gasteiger partial charge in [-0.2, -0.15) is 0 Å². The summed E-state index contributed by atoms with van der Waals surface area (Å²) in [5.41, 5.74) is 0.632. The Balaban J connectivity index is 1.37. The molecule has 0 spiro atoms. The number of aliphatic hydroxyl groups excluding tert-OH is 1. The lowest BCUT2D eigenvalue weighted by molar-refractivity contribution is -0.129. The van der Waals surface area contributed by atoms with E-state index in [-0.39, 0.29) is 35.5 Å². The van der Waals surface area contributed by atoms with E-state index in [1.54, 1.807) is 17.0 Å². The van der Waals surface area contributed by atoms with Crippen LogP contribution in [0.15, 0.2) is 12.1 Å². The van der Waals surface area contributed by atoms with E-state index >= 15 is 0 Å². The van der Waals surface area contributed by atoms with E-state index in [4.69, 9.17) is 9.39 Å². The number of carboxylic acid groups (broad SMARTS) is 1. The number of nitrogens with one attached hydrogen (secondary N) is 2. The number of carboxylic acids is 1. The number of carbonyl (C=O) groups is 2. The van der Waals surface area contributed by atoms with Crippen LogP contribution in [0.5, 0.6) is 11.5 Å². The highest BCUT2D eigenvalue weighted by Crippen LogP contribution is 2.37. The number of ether oxygens (including phenoxy) is 1. The second-order valence-corrected chi connectivity index (χ2v) is 7.55. The van der Waals surface area contributed by atoms with E-state index in [0.29, 0.717) is 38.9 Å². The van der Waals surface area contributed by atoms with Gasteiger partial charge in [0.05, 0.1) is 6.04 Å². The Kier molecular flexibility index (Phi) is 5.64. The molecular formula is C18H24BN3O7. The van der Waals surface area contributed by atoms with Crippen molar-refractivity contribution in [1.82, 2.24) is 15.5 Å². The number of fused-ring (bicyclic) bond motifs is 1. The molecule has 3 aliphatic rings. The number of aliphatic hydroxyl groups is 1. The molecule has 10 nitrogen and oxygen atoms in total. The molecule has 2 fully saturated rings. The number of aryl methyl sites for hydroxylation is 1. The second-order valence-electron chi connectivity index (χ2n) is 7.55. The number of aromatic carboxylic acids is 1. The zero-order valence-electron chi connectivity index (χ0n) is 15.8. The van der Waals surface area contributed by atoms with Crippen molar-refractivity contribution in [1.29, 1.82) is 0 Å². The minimum Gasteiger partial charge on any atom is -0.535 e. The highest BCUT2D eigenvalue weighted by molar-refractivity contribution is 6.44. The van der Waals surface area contributed by atoms with E-state index in [1.807, 2.05) is 0 Å². The lowest BCUT2D eigenvalue weighted by atomic mass is 9.78. The Morgan fingerprint density at radius 2 is 2.17 bits per heavy atom. The summed E-state index contributed by atoms with van der Waals surface area (Å²) in [5, 5.41) is 35.5. The number of rotatable bonds is 6. The summed E-state index contributed by atoms with van der Waals surface area (Å²) in [6, 6.07) is 2.93. The first kappa shape index (κ1) is 20.0. The number of hydrogen-bond acceptors (Lipinski definition) is 8. The molecule has 29 heavy (non-hydrogen) atoms. The number of hydrogen-bond donors (Lipinski definition) is 5. The fourth-order valence-corrected chi connectivity index (χ4v) is 3.88. The minimum absolute atomic E-state index is 0.0941. The normalized spacial score (nSPS) is 23.4. The van der Waals surface area contributed by atoms with E-state index in [1.165, 1.54) is 0 Å². The van der Waals surface area contributed by atoms with Gasteiger partial charge in [0.1, 0.15) is 29.4 Å². The molecule has 4 rings (SSSR count). The Morgan fingerprint density at radius 3 is 2.90 bits per heavy atom. The van der Waals surface area contributed by atoms with Crippen LogP contribution in [0.4, 0.5) is 0 Å². The zero-order chi connectivity index (χ0) is 20.5. The van der Waals surface area contributed by atoms with Crippen LogP contribution in [0.1, 0.15) is 22.3 Å². The number of benzene rings is 1. The van der Waals surface area contributed by atoms with Gasteiger partial charge < -0.3 is 35.3 Å². The maximum absolute atomic E-state index is 11.8. The fraction of sp³-hybridized carbons (Fsp3) is 0.556. The molecular weight excluding hydrogens is 381 g/mol. The van der Waals surface area contributed by atoms with E-state index < -0.39 is 25.4 Å². The van der Waals surface area contributed by atoms with Crippen molar-refractivity contribution in [3.63, 3.8) is 0 Å². The van der Waals surface area contributed by atoms with Gasteiger partial charge in [0.2, 0.25) is 5.91 Å². The molecule has 0 saturated carbocycles. The van der Waals surface area contributed by atoms with Crippen LogP contribution in [0.25, 0.3) is 0 Å². The number of carbonyl (C=O) groups excluding carboxylic acids is 1. The van der Waals surface area contributed by atoms with Crippen LogP contribution >= 0.6 is 0 Å². The maximum Gasteiger partial charge on any atom is 0.522 e. The van der Waals surface area contributed by atoms with Gasteiger partial charge in [-0.05, 0) is 24.4 Å². The standard InChI is InChI=1S/C18H24BN3O7/c23-14(7-12-17(24)21-6-5-20-12)22-8-11(9-22)28-13-2-1-10-3-4-19(27)29-16(10)15(13)18(25)26/h1-2,11-12,14,20,23,27H,3-9H2,(H,21,24)(H,25,26). The molecule has 156 valence electrons. The molecule has 3 heterocycles. The monoisotopic (exact) mass is 405 g/mol. The first-order valence-corrected chi connectivity index (χ1v) is 9.76. The Hall–Kier alpha value is -2.34. The SMILES string of the molecule is O=C(O)c1c(OC2CN(C(O)CC3NCCNC3=O)C2)ccc2c1OB(O)CC2. The summed E-state index contributed by atoms with van der Waals surface area (Å²) in [6.07, 6.45) is 0.127. The van der Waals surface area contributed by atoms with Crippen LogP contribution in [0, 0.1) is 0 Å². The summed E-state index contributed by atoms with van der Waals surface area (Å²) in [4.78, 5) is 25.3. The molecule has 1 aromatic carbocycles. The van der Waals surface area contributed by atoms with Gasteiger partial charge in [-0.1, -0.05) is 6.07 Å². The lowest BCUT2D eigenvalue weighted by Crippen LogP contribution is -2.61. The molecule has 0 radical (unpaired) electrons. The van der Waals surface area contributed by atoms with Gasteiger partial charge in [0, 0.05) is 32.6 Å². The van der Waals surface area contributed by atoms with Crippen LogP contribution < -0.4 is 20.0 Å². The predicted octanol–water partition coefficient (Wildman–Crippen LogP) is -1.34. The van der Waals surface area contributed by atoms with Gasteiger partial charge >= 0.3 is 13.1 Å². The molecule has 0 aromatic heterocycles. The minimum atomic E-state index is -1.18. The van der Waals surface area contributed by atoms with Gasteiger partial charge in [-0.25, -0.2) is 4.79 Å².